The summed E-state index contributed by atoms with van der Waals surface area (Å²) in [5.41, 5.74) is 1.57. The number of hydrogen-bond donors (Lipinski definition) is 1. The first-order valence-electron chi connectivity index (χ1n) is 9.74. The van der Waals surface area contributed by atoms with Crippen molar-refractivity contribution in [3.63, 3.8) is 0 Å². The largest absolute Gasteiger partial charge is 0.486 e. The zero-order valence-electron chi connectivity index (χ0n) is 17.1. The van der Waals surface area contributed by atoms with Crippen molar-refractivity contribution in [3.05, 3.63) is 94.7 Å². The highest BCUT2D eigenvalue weighted by Crippen LogP contribution is 2.17. The van der Waals surface area contributed by atoms with E-state index in [9.17, 15) is 9.59 Å². The van der Waals surface area contributed by atoms with Gasteiger partial charge in [-0.1, -0.05) is 23.7 Å². The highest BCUT2D eigenvalue weighted by molar-refractivity contribution is 6.30. The fourth-order valence-electron chi connectivity index (χ4n) is 2.93. The topological polar surface area (TPSA) is 99.2 Å². The van der Waals surface area contributed by atoms with Gasteiger partial charge in [0.15, 0.2) is 11.5 Å². The molecule has 0 saturated heterocycles. The van der Waals surface area contributed by atoms with E-state index in [-0.39, 0.29) is 24.1 Å². The Morgan fingerprint density at radius 2 is 1.94 bits per heavy atom. The van der Waals surface area contributed by atoms with Crippen molar-refractivity contribution in [2.45, 2.75) is 20.1 Å². The summed E-state index contributed by atoms with van der Waals surface area (Å²) in [6.45, 7) is 2.11. The molecule has 1 N–H and O–H groups in total. The molecular formula is C23H19ClN4O4. The Bertz CT molecular complexity index is 1250. The lowest BCUT2D eigenvalue weighted by molar-refractivity contribution is 0.0989. The van der Waals surface area contributed by atoms with E-state index >= 15 is 0 Å². The van der Waals surface area contributed by atoms with Crippen LogP contribution in [0.25, 0.3) is 0 Å². The molecule has 162 valence electrons. The van der Waals surface area contributed by atoms with Gasteiger partial charge < -0.3 is 9.15 Å². The van der Waals surface area contributed by atoms with Crippen molar-refractivity contribution >= 4 is 29.2 Å². The van der Waals surface area contributed by atoms with Crippen LogP contribution >= 0.6 is 11.6 Å². The second-order valence-corrected chi connectivity index (χ2v) is 7.42. The van der Waals surface area contributed by atoms with Crippen LogP contribution in [-0.2, 0) is 13.2 Å². The van der Waals surface area contributed by atoms with Crippen molar-refractivity contribution in [2.75, 3.05) is 5.32 Å². The highest BCUT2D eigenvalue weighted by Gasteiger charge is 2.14. The molecule has 0 unspecified atom stereocenters. The molecule has 2 heterocycles. The average Bonchev–Trinajstić information content (AvgIpc) is 3.42. The Hall–Kier alpha value is -3.91. The number of ether oxygens (including phenoxy) is 1. The van der Waals surface area contributed by atoms with Crippen LogP contribution in [0.3, 0.4) is 0 Å². The SMILES string of the molecule is CC(=O)c1ccc(OCc2ccc(C(=O)Nc3ncn(Cc4cccc(Cl)c4)n3)o2)cc1. The lowest BCUT2D eigenvalue weighted by Gasteiger charge is -2.04. The monoisotopic (exact) mass is 450 g/mol. The first-order chi connectivity index (χ1) is 15.5. The van der Waals surface area contributed by atoms with E-state index in [1.165, 1.54) is 13.3 Å². The maximum absolute atomic E-state index is 12.4. The van der Waals surface area contributed by atoms with Crippen LogP contribution in [0.2, 0.25) is 5.02 Å². The summed E-state index contributed by atoms with van der Waals surface area (Å²) in [5.74, 6) is 0.861. The minimum Gasteiger partial charge on any atom is -0.486 e. The molecule has 8 nitrogen and oxygen atoms in total. The molecular weight excluding hydrogens is 432 g/mol. The summed E-state index contributed by atoms with van der Waals surface area (Å²) < 4.78 is 12.8. The molecule has 4 rings (SSSR count). The first kappa shape index (κ1) is 21.3. The number of nitrogens with zero attached hydrogens (tertiary/aromatic N) is 3. The van der Waals surface area contributed by atoms with E-state index in [0.29, 0.717) is 28.6 Å². The molecule has 0 bridgehead atoms. The van der Waals surface area contributed by atoms with Gasteiger partial charge >= 0.3 is 0 Å². The Kier molecular flexibility index (Phi) is 6.32. The lowest BCUT2D eigenvalue weighted by atomic mass is 10.1. The first-order valence-corrected chi connectivity index (χ1v) is 10.1. The number of carbonyl (C=O) groups is 2. The summed E-state index contributed by atoms with van der Waals surface area (Å²) in [6.07, 6.45) is 1.52. The fourth-order valence-corrected chi connectivity index (χ4v) is 3.14. The number of carbonyl (C=O) groups excluding carboxylic acids is 2. The summed E-state index contributed by atoms with van der Waals surface area (Å²) >= 11 is 6.00. The molecule has 32 heavy (non-hydrogen) atoms. The van der Waals surface area contributed by atoms with E-state index < -0.39 is 5.91 Å². The van der Waals surface area contributed by atoms with Gasteiger partial charge in [-0.15, -0.1) is 5.10 Å². The third-order valence-corrected chi connectivity index (χ3v) is 4.76. The molecule has 1 amide bonds. The summed E-state index contributed by atoms with van der Waals surface area (Å²) in [4.78, 5) is 27.9. The van der Waals surface area contributed by atoms with Crippen LogP contribution in [0.15, 0.2) is 71.4 Å². The van der Waals surface area contributed by atoms with Gasteiger partial charge in [-0.25, -0.2) is 9.67 Å². The van der Waals surface area contributed by atoms with Gasteiger partial charge in [0.1, 0.15) is 24.4 Å². The second kappa shape index (κ2) is 9.49. The summed E-state index contributed by atoms with van der Waals surface area (Å²) in [7, 11) is 0. The molecule has 0 aliphatic carbocycles. The third-order valence-electron chi connectivity index (χ3n) is 4.52. The van der Waals surface area contributed by atoms with Crippen molar-refractivity contribution < 1.29 is 18.7 Å². The number of hydrogen-bond acceptors (Lipinski definition) is 6. The zero-order valence-corrected chi connectivity index (χ0v) is 17.9. The maximum atomic E-state index is 12.4. The van der Waals surface area contributed by atoms with Crippen LogP contribution in [-0.4, -0.2) is 26.5 Å². The number of benzene rings is 2. The Morgan fingerprint density at radius 3 is 2.69 bits per heavy atom. The van der Waals surface area contributed by atoms with Crippen LogP contribution in [0, 0.1) is 0 Å². The van der Waals surface area contributed by atoms with E-state index in [4.69, 9.17) is 20.8 Å². The smallest absolute Gasteiger partial charge is 0.293 e. The second-order valence-electron chi connectivity index (χ2n) is 6.98. The minimum absolute atomic E-state index is 0.0120. The molecule has 4 aromatic rings. The Labute approximate surface area is 188 Å². The molecule has 0 spiro atoms. The lowest BCUT2D eigenvalue weighted by Crippen LogP contribution is -2.12. The number of anilines is 1. The van der Waals surface area contributed by atoms with Gasteiger partial charge in [-0.3, -0.25) is 14.9 Å². The molecule has 9 heteroatoms. The van der Waals surface area contributed by atoms with E-state index in [0.717, 1.165) is 5.56 Å². The van der Waals surface area contributed by atoms with Crippen LogP contribution in [0.5, 0.6) is 5.75 Å². The van der Waals surface area contributed by atoms with Gasteiger partial charge in [-0.05, 0) is 61.0 Å². The van der Waals surface area contributed by atoms with Crippen LogP contribution < -0.4 is 10.1 Å². The maximum Gasteiger partial charge on any atom is 0.293 e. The summed E-state index contributed by atoms with van der Waals surface area (Å²) in [6, 6.07) is 17.4. The number of Topliss-reactive ketones (excluding diaryl/α,β-unsaturated/α-hetero) is 1. The van der Waals surface area contributed by atoms with Gasteiger partial charge in [-0.2, -0.15) is 0 Å². The average molecular weight is 451 g/mol. The number of ketones is 1. The van der Waals surface area contributed by atoms with Crippen molar-refractivity contribution in [2.24, 2.45) is 0 Å². The quantitative estimate of drug-likeness (QED) is 0.393. The number of halogens is 1. The van der Waals surface area contributed by atoms with E-state index in [1.54, 1.807) is 47.1 Å². The van der Waals surface area contributed by atoms with Gasteiger partial charge in [0.25, 0.3) is 5.91 Å². The summed E-state index contributed by atoms with van der Waals surface area (Å²) in [5, 5.41) is 7.49. The molecule has 0 aliphatic heterocycles. The molecule has 0 radical (unpaired) electrons. The van der Waals surface area contributed by atoms with Gasteiger partial charge in [0.2, 0.25) is 5.95 Å². The standard InChI is InChI=1S/C23H19ClN4O4/c1-15(29)17-5-7-19(8-6-17)31-13-20-9-10-21(32-20)22(30)26-23-25-14-28(27-23)12-16-3-2-4-18(24)11-16/h2-11,14H,12-13H2,1H3,(H,26,27,30). The minimum atomic E-state index is -0.470. The highest BCUT2D eigenvalue weighted by atomic mass is 35.5. The molecule has 0 fully saturated rings. The Morgan fingerprint density at radius 1 is 1.12 bits per heavy atom. The van der Waals surface area contributed by atoms with Crippen LogP contribution in [0.1, 0.15) is 39.2 Å². The molecule has 0 atom stereocenters. The third kappa shape index (κ3) is 5.41. The predicted molar refractivity (Wildman–Crippen MR) is 118 cm³/mol. The molecule has 2 aromatic heterocycles. The van der Waals surface area contributed by atoms with Gasteiger partial charge in [0.05, 0.1) is 6.54 Å². The number of amides is 1. The number of furan rings is 1. The Balaban J connectivity index is 1.32. The number of rotatable bonds is 8. The predicted octanol–water partition coefficient (Wildman–Crippen LogP) is 4.61. The van der Waals surface area contributed by atoms with E-state index in [2.05, 4.69) is 15.4 Å². The zero-order chi connectivity index (χ0) is 22.5. The van der Waals surface area contributed by atoms with Crippen molar-refractivity contribution in [1.82, 2.24) is 14.8 Å². The molecule has 0 aliphatic rings. The fraction of sp³-hybridized carbons (Fsp3) is 0.130. The van der Waals surface area contributed by atoms with E-state index in [1.807, 2.05) is 18.2 Å². The van der Waals surface area contributed by atoms with Crippen molar-refractivity contribution in [3.8, 4) is 5.75 Å². The number of aromatic nitrogens is 3. The normalized spacial score (nSPS) is 10.7. The van der Waals surface area contributed by atoms with Gasteiger partial charge in [0, 0.05) is 10.6 Å². The molecule has 0 saturated carbocycles. The van der Waals surface area contributed by atoms with Crippen molar-refractivity contribution in [1.29, 1.82) is 0 Å². The number of nitrogens with one attached hydrogen (secondary N) is 1. The molecule has 2 aromatic carbocycles. The van der Waals surface area contributed by atoms with Crippen LogP contribution in [0.4, 0.5) is 5.95 Å².